The normalized spacial score (nSPS) is 11.8. The summed E-state index contributed by atoms with van der Waals surface area (Å²) in [5, 5.41) is 8.97. The molecule has 8 nitrogen and oxygen atoms in total. The second-order valence-electron chi connectivity index (χ2n) is 8.21. The highest BCUT2D eigenvalue weighted by Crippen LogP contribution is 2.21. The topological polar surface area (TPSA) is 110 Å². The van der Waals surface area contributed by atoms with Gasteiger partial charge in [0.05, 0.1) is 16.8 Å². The predicted octanol–water partition coefficient (Wildman–Crippen LogP) is 3.02. The third-order valence-corrected chi connectivity index (χ3v) is 7.49. The first-order valence-electron chi connectivity index (χ1n) is 10.6. The second kappa shape index (κ2) is 8.03. The minimum absolute atomic E-state index is 0.0589. The van der Waals surface area contributed by atoms with Gasteiger partial charge in [-0.3, -0.25) is 19.6 Å². The summed E-state index contributed by atoms with van der Waals surface area (Å²) >= 11 is 0. The molecule has 0 bridgehead atoms. The summed E-state index contributed by atoms with van der Waals surface area (Å²) in [4.78, 5) is 22.0. The van der Waals surface area contributed by atoms with Gasteiger partial charge in [0.1, 0.15) is 21.7 Å². The van der Waals surface area contributed by atoms with Crippen LogP contribution in [0.3, 0.4) is 0 Å². The van der Waals surface area contributed by atoms with Crippen molar-refractivity contribution in [1.82, 2.24) is 18.9 Å². The fraction of sp³-hybridized carbons (Fsp3) is 0.120. The first kappa shape index (κ1) is 21.7. The third kappa shape index (κ3) is 3.60. The summed E-state index contributed by atoms with van der Waals surface area (Å²) in [6, 6.07) is 14.8. The maximum Gasteiger partial charge on any atom is 0.267 e. The van der Waals surface area contributed by atoms with Crippen molar-refractivity contribution in [3.8, 4) is 0 Å². The molecule has 4 aromatic heterocycles. The zero-order valence-electron chi connectivity index (χ0n) is 18.6. The molecule has 0 radical (unpaired) electrons. The molecule has 5 rings (SSSR count). The Morgan fingerprint density at radius 3 is 2.44 bits per heavy atom. The van der Waals surface area contributed by atoms with Gasteiger partial charge in [-0.1, -0.05) is 29.8 Å². The second-order valence-corrected chi connectivity index (χ2v) is 10.1. The molecule has 1 N–H and O–H groups in total. The molecule has 0 unspecified atom stereocenters. The maximum absolute atomic E-state index is 13.6. The molecule has 0 saturated heterocycles. The number of nitrogens with zero attached hydrogens (tertiary/aromatic N) is 4. The zero-order chi connectivity index (χ0) is 24.0. The Morgan fingerprint density at radius 1 is 1.00 bits per heavy atom. The number of sulfone groups is 1. The van der Waals surface area contributed by atoms with Gasteiger partial charge in [-0.05, 0) is 55.3 Å². The van der Waals surface area contributed by atoms with Gasteiger partial charge < -0.3 is 4.57 Å². The van der Waals surface area contributed by atoms with Crippen LogP contribution in [0.25, 0.3) is 16.7 Å². The summed E-state index contributed by atoms with van der Waals surface area (Å²) in [6.45, 7) is 3.86. The molecular formula is C25H21N5O3S. The SMILES string of the molecule is Cc1ccc(S(=O)(=O)c2cc3c(=O)n4cc(C)ccc4nc3n(Cc3cccnc3)c2=N)cc1. The number of pyridine rings is 3. The zero-order valence-corrected chi connectivity index (χ0v) is 19.4. The fourth-order valence-electron chi connectivity index (χ4n) is 3.89. The lowest BCUT2D eigenvalue weighted by molar-refractivity contribution is 0.591. The van der Waals surface area contributed by atoms with E-state index >= 15 is 0 Å². The molecule has 9 heteroatoms. The molecule has 34 heavy (non-hydrogen) atoms. The predicted molar refractivity (Wildman–Crippen MR) is 128 cm³/mol. The van der Waals surface area contributed by atoms with E-state index < -0.39 is 15.4 Å². The van der Waals surface area contributed by atoms with E-state index in [1.807, 2.05) is 26.0 Å². The van der Waals surface area contributed by atoms with Crippen LogP contribution in [0.2, 0.25) is 0 Å². The van der Waals surface area contributed by atoms with Crippen molar-refractivity contribution in [3.05, 3.63) is 106 Å². The van der Waals surface area contributed by atoms with Crippen molar-refractivity contribution in [3.63, 3.8) is 0 Å². The molecule has 0 atom stereocenters. The fourth-order valence-corrected chi connectivity index (χ4v) is 5.28. The lowest BCUT2D eigenvalue weighted by Crippen LogP contribution is -2.30. The lowest BCUT2D eigenvalue weighted by Gasteiger charge is -2.15. The molecule has 5 aromatic rings. The number of fused-ring (bicyclic) bond motifs is 2. The quantitative estimate of drug-likeness (QED) is 0.405. The lowest BCUT2D eigenvalue weighted by atomic mass is 10.2. The van der Waals surface area contributed by atoms with Gasteiger partial charge >= 0.3 is 0 Å². The molecule has 0 saturated carbocycles. The van der Waals surface area contributed by atoms with Gasteiger partial charge in [0.15, 0.2) is 0 Å². The molecule has 0 fully saturated rings. The maximum atomic E-state index is 13.6. The first-order valence-corrected chi connectivity index (χ1v) is 12.1. The van der Waals surface area contributed by atoms with Gasteiger partial charge in [-0.15, -0.1) is 0 Å². The van der Waals surface area contributed by atoms with E-state index in [0.29, 0.717) is 5.65 Å². The molecular weight excluding hydrogens is 450 g/mol. The van der Waals surface area contributed by atoms with E-state index in [0.717, 1.165) is 16.7 Å². The van der Waals surface area contributed by atoms with Crippen LogP contribution in [0.15, 0.2) is 87.8 Å². The van der Waals surface area contributed by atoms with Gasteiger partial charge in [0, 0.05) is 18.6 Å². The number of nitrogens with one attached hydrogen (secondary N) is 1. The van der Waals surface area contributed by atoms with Crippen molar-refractivity contribution in [1.29, 1.82) is 5.41 Å². The molecule has 0 aliphatic heterocycles. The minimum Gasteiger partial charge on any atom is -0.305 e. The molecule has 1 aromatic carbocycles. The smallest absolute Gasteiger partial charge is 0.267 e. The van der Waals surface area contributed by atoms with Crippen LogP contribution < -0.4 is 11.0 Å². The van der Waals surface area contributed by atoms with E-state index in [4.69, 9.17) is 5.41 Å². The van der Waals surface area contributed by atoms with Crippen molar-refractivity contribution in [2.24, 2.45) is 0 Å². The summed E-state index contributed by atoms with van der Waals surface area (Å²) in [6.07, 6.45) is 4.93. The Morgan fingerprint density at radius 2 is 1.74 bits per heavy atom. The molecule has 170 valence electrons. The van der Waals surface area contributed by atoms with Crippen LogP contribution in [0.5, 0.6) is 0 Å². The summed E-state index contributed by atoms with van der Waals surface area (Å²) in [5.41, 5.74) is 2.53. The highest BCUT2D eigenvalue weighted by atomic mass is 32.2. The van der Waals surface area contributed by atoms with Crippen LogP contribution in [0, 0.1) is 19.3 Å². The van der Waals surface area contributed by atoms with Crippen molar-refractivity contribution in [2.45, 2.75) is 30.2 Å². The van der Waals surface area contributed by atoms with E-state index in [1.165, 1.54) is 27.2 Å². The van der Waals surface area contributed by atoms with E-state index in [1.54, 1.807) is 42.9 Å². The Bertz CT molecular complexity index is 1790. The molecule has 0 aliphatic rings. The standard InChI is InChI=1S/C25H21N5O3S/c1-16-5-8-19(9-6-16)34(32,33)21-12-20-24(28-22-10-7-17(2)14-29(22)25(20)31)30(23(21)26)15-18-4-3-11-27-13-18/h3-14,26H,15H2,1-2H3. The molecule has 0 aliphatic carbocycles. The Balaban J connectivity index is 1.88. The highest BCUT2D eigenvalue weighted by Gasteiger charge is 2.24. The Hall–Kier alpha value is -4.11. The van der Waals surface area contributed by atoms with E-state index in [-0.39, 0.29) is 32.9 Å². The summed E-state index contributed by atoms with van der Waals surface area (Å²) in [5.74, 6) is 0. The van der Waals surface area contributed by atoms with Crippen molar-refractivity contribution >= 4 is 26.5 Å². The minimum atomic E-state index is -4.07. The summed E-state index contributed by atoms with van der Waals surface area (Å²) in [7, 11) is -4.07. The van der Waals surface area contributed by atoms with Gasteiger partial charge in [-0.25, -0.2) is 13.4 Å². The first-order chi connectivity index (χ1) is 16.3. The molecule has 4 heterocycles. The highest BCUT2D eigenvalue weighted by molar-refractivity contribution is 7.91. The number of aryl methyl sites for hydroxylation is 2. The number of rotatable bonds is 4. The Kier molecular flexibility index (Phi) is 5.13. The van der Waals surface area contributed by atoms with Gasteiger partial charge in [0.2, 0.25) is 9.84 Å². The van der Waals surface area contributed by atoms with Crippen molar-refractivity contribution in [2.75, 3.05) is 0 Å². The third-order valence-electron chi connectivity index (χ3n) is 5.70. The van der Waals surface area contributed by atoms with Crippen LogP contribution >= 0.6 is 0 Å². The monoisotopic (exact) mass is 471 g/mol. The molecule has 0 spiro atoms. The largest absolute Gasteiger partial charge is 0.305 e. The van der Waals surface area contributed by atoms with Gasteiger partial charge in [0.25, 0.3) is 5.56 Å². The number of hydrogen-bond donors (Lipinski definition) is 1. The van der Waals surface area contributed by atoms with Crippen molar-refractivity contribution < 1.29 is 8.42 Å². The average molecular weight is 472 g/mol. The average Bonchev–Trinajstić information content (AvgIpc) is 2.82. The van der Waals surface area contributed by atoms with Crippen LogP contribution in [-0.4, -0.2) is 27.4 Å². The number of hydrogen-bond acceptors (Lipinski definition) is 6. The van der Waals surface area contributed by atoms with E-state index in [2.05, 4.69) is 9.97 Å². The number of benzene rings is 1. The van der Waals surface area contributed by atoms with Gasteiger partial charge in [-0.2, -0.15) is 0 Å². The van der Waals surface area contributed by atoms with Crippen LogP contribution in [0.4, 0.5) is 0 Å². The number of aromatic nitrogens is 4. The van der Waals surface area contributed by atoms with Crippen LogP contribution in [0.1, 0.15) is 16.7 Å². The Labute approximate surface area is 195 Å². The molecule has 0 amide bonds. The van der Waals surface area contributed by atoms with E-state index in [9.17, 15) is 13.2 Å². The summed E-state index contributed by atoms with van der Waals surface area (Å²) < 4.78 is 30.0. The van der Waals surface area contributed by atoms with Crippen LogP contribution in [-0.2, 0) is 16.4 Å².